The largest absolute Gasteiger partial charge is 0.454 e. The molecule has 12 nitrogen and oxygen atoms in total. The van der Waals surface area contributed by atoms with Gasteiger partial charge in [-0.25, -0.2) is 4.98 Å². The van der Waals surface area contributed by atoms with Gasteiger partial charge in [0.2, 0.25) is 18.7 Å². The van der Waals surface area contributed by atoms with Crippen LogP contribution in [-0.2, 0) is 22.6 Å². The summed E-state index contributed by atoms with van der Waals surface area (Å²) in [7, 11) is 0. The Morgan fingerprint density at radius 1 is 1.29 bits per heavy atom. The first kappa shape index (κ1) is 21.7. The van der Waals surface area contributed by atoms with Crippen molar-refractivity contribution in [1.82, 2.24) is 14.9 Å². The Hall–Kier alpha value is -3.96. The van der Waals surface area contributed by atoms with Gasteiger partial charge in [0.25, 0.3) is 5.56 Å². The zero-order valence-corrected chi connectivity index (χ0v) is 17.1. The van der Waals surface area contributed by atoms with E-state index in [1.807, 2.05) is 18.2 Å². The van der Waals surface area contributed by atoms with Gasteiger partial charge in [0.1, 0.15) is 13.2 Å². The lowest BCUT2D eigenvalue weighted by molar-refractivity contribution is -0.122. The molecule has 1 aliphatic heterocycles. The van der Waals surface area contributed by atoms with Crippen LogP contribution in [-0.4, -0.2) is 47.9 Å². The lowest BCUT2D eigenvalue weighted by Gasteiger charge is -2.12. The number of aryl methyl sites for hydroxylation is 1. The van der Waals surface area contributed by atoms with Gasteiger partial charge in [-0.15, -0.1) is 0 Å². The average molecular weight is 431 g/mol. The number of amides is 1. The first-order chi connectivity index (χ1) is 14.9. The van der Waals surface area contributed by atoms with E-state index < -0.39 is 0 Å². The number of carbonyl (C=O) groups is 1. The Balaban J connectivity index is 1.53. The molecule has 1 amide bonds. The van der Waals surface area contributed by atoms with Crippen molar-refractivity contribution in [2.75, 3.05) is 31.8 Å². The molecule has 2 aromatic rings. The second kappa shape index (κ2) is 10.2. The van der Waals surface area contributed by atoms with Crippen LogP contribution < -0.4 is 37.1 Å². The SMILES string of the molecule is Cc1cnc(NCCc2ccc3c(c2)OCO3)c(=O)n1CC(=O)NCCON=C(N)N. The number of fused-ring (bicyclic) bond motifs is 1. The number of nitrogens with two attached hydrogens (primary N) is 2. The Bertz CT molecular complexity index is 1020. The van der Waals surface area contributed by atoms with Gasteiger partial charge < -0.3 is 36.4 Å². The Labute approximate surface area is 178 Å². The van der Waals surface area contributed by atoms with Crippen molar-refractivity contribution >= 4 is 17.7 Å². The van der Waals surface area contributed by atoms with E-state index >= 15 is 0 Å². The molecular weight excluding hydrogens is 406 g/mol. The highest BCUT2D eigenvalue weighted by Gasteiger charge is 2.14. The van der Waals surface area contributed by atoms with Crippen LogP contribution in [0.3, 0.4) is 0 Å². The third-order valence-electron chi connectivity index (χ3n) is 4.38. The number of benzene rings is 1. The number of oxime groups is 1. The first-order valence-corrected chi connectivity index (χ1v) is 9.60. The number of hydrogen-bond donors (Lipinski definition) is 4. The summed E-state index contributed by atoms with van der Waals surface area (Å²) in [6.07, 6.45) is 2.20. The quantitative estimate of drug-likeness (QED) is 0.164. The van der Waals surface area contributed by atoms with E-state index in [-0.39, 0.29) is 49.7 Å². The maximum absolute atomic E-state index is 12.7. The number of guanidine groups is 1. The molecule has 0 fully saturated rings. The first-order valence-electron chi connectivity index (χ1n) is 9.60. The highest BCUT2D eigenvalue weighted by Crippen LogP contribution is 2.32. The number of hydrogen-bond acceptors (Lipinski definition) is 8. The fourth-order valence-corrected chi connectivity index (χ4v) is 2.87. The molecule has 1 aliphatic rings. The number of anilines is 1. The molecule has 2 heterocycles. The highest BCUT2D eigenvalue weighted by atomic mass is 16.7. The lowest BCUT2D eigenvalue weighted by Crippen LogP contribution is -2.36. The van der Waals surface area contributed by atoms with Crippen LogP contribution in [0.5, 0.6) is 11.5 Å². The summed E-state index contributed by atoms with van der Waals surface area (Å²) in [5, 5.41) is 9.01. The van der Waals surface area contributed by atoms with Gasteiger partial charge in [0, 0.05) is 18.4 Å². The molecule has 31 heavy (non-hydrogen) atoms. The summed E-state index contributed by atoms with van der Waals surface area (Å²) >= 11 is 0. The third kappa shape index (κ3) is 6.01. The van der Waals surface area contributed by atoms with E-state index in [9.17, 15) is 9.59 Å². The van der Waals surface area contributed by atoms with Crippen LogP contribution in [0.25, 0.3) is 0 Å². The van der Waals surface area contributed by atoms with E-state index in [1.54, 1.807) is 13.1 Å². The van der Waals surface area contributed by atoms with Crippen molar-refractivity contribution in [3.05, 3.63) is 46.0 Å². The van der Waals surface area contributed by atoms with Crippen molar-refractivity contribution in [3.63, 3.8) is 0 Å². The zero-order valence-electron chi connectivity index (χ0n) is 17.1. The molecule has 1 aromatic carbocycles. The summed E-state index contributed by atoms with van der Waals surface area (Å²) in [4.78, 5) is 33.8. The second-order valence-electron chi connectivity index (χ2n) is 6.70. The topological polar surface area (TPSA) is 168 Å². The number of aromatic nitrogens is 2. The monoisotopic (exact) mass is 431 g/mol. The van der Waals surface area contributed by atoms with Crippen molar-refractivity contribution in [2.45, 2.75) is 19.9 Å². The van der Waals surface area contributed by atoms with Crippen LogP contribution >= 0.6 is 0 Å². The number of rotatable bonds is 10. The molecule has 0 saturated carbocycles. The normalized spacial score (nSPS) is 11.6. The molecule has 12 heteroatoms. The fourth-order valence-electron chi connectivity index (χ4n) is 2.87. The molecule has 0 aliphatic carbocycles. The van der Waals surface area contributed by atoms with Crippen molar-refractivity contribution < 1.29 is 19.1 Å². The maximum atomic E-state index is 12.7. The molecule has 1 aromatic heterocycles. The van der Waals surface area contributed by atoms with Crippen molar-refractivity contribution in [2.24, 2.45) is 16.6 Å². The van der Waals surface area contributed by atoms with E-state index in [2.05, 4.69) is 20.8 Å². The lowest BCUT2D eigenvalue weighted by atomic mass is 10.1. The van der Waals surface area contributed by atoms with E-state index in [4.69, 9.17) is 25.8 Å². The minimum Gasteiger partial charge on any atom is -0.454 e. The van der Waals surface area contributed by atoms with Gasteiger partial charge in [-0.1, -0.05) is 6.07 Å². The van der Waals surface area contributed by atoms with E-state index in [0.717, 1.165) is 11.3 Å². The summed E-state index contributed by atoms with van der Waals surface area (Å²) in [5.74, 6) is 1.05. The zero-order chi connectivity index (χ0) is 22.2. The van der Waals surface area contributed by atoms with Gasteiger partial charge in [-0.3, -0.25) is 14.2 Å². The molecule has 0 unspecified atom stereocenters. The molecule has 166 valence electrons. The molecule has 0 atom stereocenters. The number of nitrogens with zero attached hydrogens (tertiary/aromatic N) is 3. The summed E-state index contributed by atoms with van der Waals surface area (Å²) < 4.78 is 12.0. The predicted octanol–water partition coefficient (Wildman–Crippen LogP) is -0.744. The minimum atomic E-state index is -0.377. The minimum absolute atomic E-state index is 0.0977. The maximum Gasteiger partial charge on any atom is 0.293 e. The summed E-state index contributed by atoms with van der Waals surface area (Å²) in [6.45, 7) is 2.56. The van der Waals surface area contributed by atoms with E-state index in [0.29, 0.717) is 24.4 Å². The number of carbonyl (C=O) groups excluding carboxylic acids is 1. The molecule has 0 radical (unpaired) electrons. The van der Waals surface area contributed by atoms with Crippen LogP contribution in [0.15, 0.2) is 34.3 Å². The van der Waals surface area contributed by atoms with Gasteiger partial charge in [-0.05, 0) is 36.2 Å². The van der Waals surface area contributed by atoms with Crippen LogP contribution in [0, 0.1) is 6.92 Å². The molecule has 0 spiro atoms. The third-order valence-corrected chi connectivity index (χ3v) is 4.38. The van der Waals surface area contributed by atoms with Gasteiger partial charge >= 0.3 is 0 Å². The van der Waals surface area contributed by atoms with Crippen molar-refractivity contribution in [3.8, 4) is 11.5 Å². The smallest absolute Gasteiger partial charge is 0.293 e. The number of nitrogens with one attached hydrogen (secondary N) is 2. The highest BCUT2D eigenvalue weighted by molar-refractivity contribution is 5.76. The predicted molar refractivity (Wildman–Crippen MR) is 113 cm³/mol. The Morgan fingerprint density at radius 2 is 2.10 bits per heavy atom. The molecule has 3 rings (SSSR count). The number of ether oxygens (including phenoxy) is 2. The van der Waals surface area contributed by atoms with Gasteiger partial charge in [0.15, 0.2) is 17.3 Å². The Morgan fingerprint density at radius 3 is 2.90 bits per heavy atom. The average Bonchev–Trinajstić information content (AvgIpc) is 3.20. The Kier molecular flexibility index (Phi) is 7.14. The van der Waals surface area contributed by atoms with Gasteiger partial charge in [0.05, 0.1) is 6.54 Å². The van der Waals surface area contributed by atoms with Crippen LogP contribution in [0.4, 0.5) is 5.82 Å². The molecule has 6 N–H and O–H groups in total. The van der Waals surface area contributed by atoms with Crippen LogP contribution in [0.1, 0.15) is 11.3 Å². The fraction of sp³-hybridized carbons (Fsp3) is 0.368. The molecular formula is C19H25N7O5. The second-order valence-corrected chi connectivity index (χ2v) is 6.70. The van der Waals surface area contributed by atoms with Gasteiger partial charge in [-0.2, -0.15) is 0 Å². The summed E-state index contributed by atoms with van der Waals surface area (Å²) in [6, 6.07) is 5.71. The van der Waals surface area contributed by atoms with E-state index in [1.165, 1.54) is 4.57 Å². The molecule has 0 bridgehead atoms. The molecule has 0 saturated heterocycles. The standard InChI is InChI=1S/C19H25N7O5/c1-12-9-24-17(23-5-4-13-2-3-14-15(8-13)30-11-29-14)18(28)26(12)10-16(27)22-6-7-31-25-19(20)21/h2-3,8-9H,4-7,10-11H2,1H3,(H,22,27)(H,23,24)(H4,20,21,25). The van der Waals surface area contributed by atoms with Crippen LogP contribution in [0.2, 0.25) is 0 Å². The summed E-state index contributed by atoms with van der Waals surface area (Å²) in [5.41, 5.74) is 11.5. The van der Waals surface area contributed by atoms with Crippen molar-refractivity contribution in [1.29, 1.82) is 0 Å².